The highest BCUT2D eigenvalue weighted by molar-refractivity contribution is 5.94. The van der Waals surface area contributed by atoms with E-state index in [4.69, 9.17) is 5.73 Å². The lowest BCUT2D eigenvalue weighted by atomic mass is 10.0. The number of nitrogens with one attached hydrogen (secondary N) is 2. The number of primary amides is 1. The molecule has 1 fully saturated rings. The summed E-state index contributed by atoms with van der Waals surface area (Å²) in [6.45, 7) is 1.48. The molecular weight excluding hydrogens is 252 g/mol. The molecule has 0 aliphatic carbocycles. The van der Waals surface area contributed by atoms with Gasteiger partial charge in [-0.3, -0.25) is 4.79 Å². The summed E-state index contributed by atoms with van der Waals surface area (Å²) in [5, 5.41) is 6.20. The summed E-state index contributed by atoms with van der Waals surface area (Å²) in [6.07, 6.45) is 3.30. The van der Waals surface area contributed by atoms with Crippen molar-refractivity contribution in [3.8, 4) is 0 Å². The smallest absolute Gasteiger partial charge is 0.251 e. The first-order valence-corrected chi connectivity index (χ1v) is 6.34. The Labute approximate surface area is 110 Å². The van der Waals surface area contributed by atoms with Crippen LogP contribution < -0.4 is 16.4 Å². The van der Waals surface area contributed by atoms with Gasteiger partial charge in [0.2, 0.25) is 0 Å². The summed E-state index contributed by atoms with van der Waals surface area (Å²) >= 11 is 0. The van der Waals surface area contributed by atoms with Crippen molar-refractivity contribution < 1.29 is 13.6 Å². The van der Waals surface area contributed by atoms with Crippen LogP contribution in [0.2, 0.25) is 0 Å². The van der Waals surface area contributed by atoms with Crippen molar-refractivity contribution in [1.29, 1.82) is 0 Å². The number of benzene rings is 1. The Hall–Kier alpha value is -1.69. The fraction of sp³-hybridized carbons (Fsp3) is 0.462. The molecule has 1 saturated heterocycles. The Bertz CT molecular complexity index is 473. The Morgan fingerprint density at radius 2 is 2.16 bits per heavy atom. The highest BCUT2D eigenvalue weighted by atomic mass is 19.1. The minimum Gasteiger partial charge on any atom is -0.381 e. The van der Waals surface area contributed by atoms with Crippen LogP contribution in [-0.4, -0.2) is 25.0 Å². The van der Waals surface area contributed by atoms with E-state index in [2.05, 4.69) is 10.6 Å². The zero-order chi connectivity index (χ0) is 13.8. The molecule has 1 unspecified atom stereocenters. The lowest BCUT2D eigenvalue weighted by Crippen LogP contribution is -2.39. The molecule has 1 aliphatic rings. The first-order valence-electron chi connectivity index (χ1n) is 6.34. The van der Waals surface area contributed by atoms with E-state index in [1.54, 1.807) is 0 Å². The number of halogens is 2. The highest BCUT2D eigenvalue weighted by Crippen LogP contribution is 2.20. The SMILES string of the molecule is NC(=O)c1cc(NCC2CCCCN2)c(F)cc1F. The van der Waals surface area contributed by atoms with Gasteiger partial charge in [-0.15, -0.1) is 0 Å². The molecule has 1 amide bonds. The molecule has 2 rings (SSSR count). The topological polar surface area (TPSA) is 67.2 Å². The molecule has 1 aliphatic heterocycles. The van der Waals surface area contributed by atoms with Gasteiger partial charge in [-0.1, -0.05) is 6.42 Å². The van der Waals surface area contributed by atoms with Gasteiger partial charge >= 0.3 is 0 Å². The first kappa shape index (κ1) is 13.7. The van der Waals surface area contributed by atoms with E-state index in [0.717, 1.165) is 31.9 Å². The van der Waals surface area contributed by atoms with Crippen molar-refractivity contribution in [2.24, 2.45) is 5.73 Å². The average Bonchev–Trinajstić information content (AvgIpc) is 2.38. The van der Waals surface area contributed by atoms with Crippen molar-refractivity contribution in [1.82, 2.24) is 5.32 Å². The number of hydrogen-bond acceptors (Lipinski definition) is 3. The molecule has 4 nitrogen and oxygen atoms in total. The Morgan fingerprint density at radius 3 is 2.79 bits per heavy atom. The molecule has 0 bridgehead atoms. The maximum atomic E-state index is 13.6. The van der Waals surface area contributed by atoms with Crippen LogP contribution in [0, 0.1) is 11.6 Å². The Balaban J connectivity index is 2.06. The molecule has 0 saturated carbocycles. The summed E-state index contributed by atoms with van der Waals surface area (Å²) in [5.74, 6) is -2.57. The predicted octanol–water partition coefficient (Wildman–Crippen LogP) is 1.62. The fourth-order valence-corrected chi connectivity index (χ4v) is 2.20. The van der Waals surface area contributed by atoms with E-state index in [1.165, 1.54) is 0 Å². The van der Waals surface area contributed by atoms with Crippen LogP contribution in [0.5, 0.6) is 0 Å². The summed E-state index contributed by atoms with van der Waals surface area (Å²) in [5.41, 5.74) is 4.83. The minimum absolute atomic E-state index is 0.0996. The number of piperidine rings is 1. The van der Waals surface area contributed by atoms with Crippen LogP contribution in [0.3, 0.4) is 0 Å². The molecule has 1 aromatic rings. The molecule has 0 radical (unpaired) electrons. The summed E-state index contributed by atoms with van der Waals surface area (Å²) in [6, 6.07) is 2.06. The molecule has 1 aromatic carbocycles. The van der Waals surface area contributed by atoms with Crippen molar-refractivity contribution in [2.75, 3.05) is 18.4 Å². The second kappa shape index (κ2) is 5.97. The van der Waals surface area contributed by atoms with Gasteiger partial charge in [0.1, 0.15) is 11.6 Å². The Morgan fingerprint density at radius 1 is 1.37 bits per heavy atom. The highest BCUT2D eigenvalue weighted by Gasteiger charge is 2.16. The van der Waals surface area contributed by atoms with Crippen LogP contribution in [0.1, 0.15) is 29.6 Å². The van der Waals surface area contributed by atoms with E-state index in [-0.39, 0.29) is 17.3 Å². The minimum atomic E-state index is -0.939. The quantitative estimate of drug-likeness (QED) is 0.778. The van der Waals surface area contributed by atoms with E-state index in [1.807, 2.05) is 0 Å². The number of carbonyl (C=O) groups excluding carboxylic acids is 1. The number of nitrogens with two attached hydrogens (primary N) is 1. The number of carbonyl (C=O) groups is 1. The molecule has 6 heteroatoms. The van der Waals surface area contributed by atoms with Gasteiger partial charge in [0.05, 0.1) is 11.3 Å². The fourth-order valence-electron chi connectivity index (χ4n) is 2.20. The number of rotatable bonds is 4. The predicted molar refractivity (Wildman–Crippen MR) is 69.0 cm³/mol. The first-order chi connectivity index (χ1) is 9.08. The monoisotopic (exact) mass is 269 g/mol. The molecular formula is C13H17F2N3O. The van der Waals surface area contributed by atoms with Crippen molar-refractivity contribution in [2.45, 2.75) is 25.3 Å². The van der Waals surface area contributed by atoms with E-state index in [9.17, 15) is 13.6 Å². The van der Waals surface area contributed by atoms with Crippen molar-refractivity contribution >= 4 is 11.6 Å². The largest absolute Gasteiger partial charge is 0.381 e. The van der Waals surface area contributed by atoms with Gasteiger partial charge in [-0.25, -0.2) is 8.78 Å². The molecule has 1 atom stereocenters. The molecule has 0 spiro atoms. The van der Waals surface area contributed by atoms with Gasteiger partial charge in [0, 0.05) is 18.7 Å². The number of anilines is 1. The van der Waals surface area contributed by atoms with Gasteiger partial charge < -0.3 is 16.4 Å². The molecule has 4 N–H and O–H groups in total. The van der Waals surface area contributed by atoms with Crippen LogP contribution in [0.4, 0.5) is 14.5 Å². The van der Waals surface area contributed by atoms with Gasteiger partial charge in [-0.05, 0) is 25.5 Å². The summed E-state index contributed by atoms with van der Waals surface area (Å²) in [7, 11) is 0. The van der Waals surface area contributed by atoms with E-state index >= 15 is 0 Å². The normalized spacial score (nSPS) is 19.2. The van der Waals surface area contributed by atoms with Crippen LogP contribution in [-0.2, 0) is 0 Å². The average molecular weight is 269 g/mol. The van der Waals surface area contributed by atoms with Crippen LogP contribution in [0.15, 0.2) is 12.1 Å². The van der Waals surface area contributed by atoms with Crippen molar-refractivity contribution in [3.63, 3.8) is 0 Å². The summed E-state index contributed by atoms with van der Waals surface area (Å²) < 4.78 is 26.9. The second-order valence-electron chi connectivity index (χ2n) is 4.70. The molecule has 1 heterocycles. The second-order valence-corrected chi connectivity index (χ2v) is 4.70. The zero-order valence-corrected chi connectivity index (χ0v) is 10.5. The van der Waals surface area contributed by atoms with Crippen LogP contribution in [0.25, 0.3) is 0 Å². The lowest BCUT2D eigenvalue weighted by Gasteiger charge is -2.24. The third-order valence-electron chi connectivity index (χ3n) is 3.27. The molecule has 104 valence electrons. The van der Waals surface area contributed by atoms with Crippen molar-refractivity contribution in [3.05, 3.63) is 29.3 Å². The number of amides is 1. The maximum Gasteiger partial charge on any atom is 0.251 e. The summed E-state index contributed by atoms with van der Waals surface area (Å²) in [4.78, 5) is 11.0. The lowest BCUT2D eigenvalue weighted by molar-refractivity contribution is 0.0996. The van der Waals surface area contributed by atoms with Gasteiger partial charge in [0.15, 0.2) is 0 Å². The third-order valence-corrected chi connectivity index (χ3v) is 3.27. The standard InChI is InChI=1S/C13H17F2N3O/c14-10-6-11(15)12(5-9(10)13(16)19)18-7-8-3-1-2-4-17-8/h5-6,8,17-18H,1-4,7H2,(H2,16,19). The van der Waals surface area contributed by atoms with Gasteiger partial charge in [0.25, 0.3) is 5.91 Å². The molecule has 0 aromatic heterocycles. The van der Waals surface area contributed by atoms with E-state index < -0.39 is 17.5 Å². The zero-order valence-electron chi connectivity index (χ0n) is 10.5. The third kappa shape index (κ3) is 3.41. The van der Waals surface area contributed by atoms with Gasteiger partial charge in [-0.2, -0.15) is 0 Å². The maximum absolute atomic E-state index is 13.6. The Kier molecular flexibility index (Phi) is 4.31. The van der Waals surface area contributed by atoms with Crippen LogP contribution >= 0.6 is 0 Å². The number of hydrogen-bond donors (Lipinski definition) is 3. The molecule has 19 heavy (non-hydrogen) atoms. The van der Waals surface area contributed by atoms with E-state index in [0.29, 0.717) is 12.6 Å².